The largest absolute Gasteiger partial charge is 0.496 e. The number of hydrogen-bond donors (Lipinski definition) is 1. The van der Waals surface area contributed by atoms with Gasteiger partial charge < -0.3 is 14.6 Å². The SMILES string of the molecule is COc1ccccc1-c1nnc(SC(C)C(=O)Nc2sc3c(c2C#N)CCCCC3)n1C. The van der Waals surface area contributed by atoms with E-state index in [1.165, 1.54) is 23.1 Å². The Balaban J connectivity index is 1.50. The Morgan fingerprint density at radius 1 is 1.28 bits per heavy atom. The van der Waals surface area contributed by atoms with Gasteiger partial charge in [0.15, 0.2) is 11.0 Å². The summed E-state index contributed by atoms with van der Waals surface area (Å²) in [5.41, 5.74) is 2.60. The van der Waals surface area contributed by atoms with Crippen molar-refractivity contribution in [3.8, 4) is 23.2 Å². The Bertz CT molecular complexity index is 1180. The molecule has 4 rings (SSSR count). The molecule has 7 nitrogen and oxygen atoms in total. The Morgan fingerprint density at radius 2 is 2.06 bits per heavy atom. The van der Waals surface area contributed by atoms with E-state index in [9.17, 15) is 10.1 Å². The molecular weight excluding hydrogens is 442 g/mol. The fourth-order valence-electron chi connectivity index (χ4n) is 3.86. The lowest BCUT2D eigenvalue weighted by Gasteiger charge is -2.12. The molecule has 2 heterocycles. The predicted octanol–water partition coefficient (Wildman–Crippen LogP) is 4.81. The van der Waals surface area contributed by atoms with Gasteiger partial charge in [0, 0.05) is 11.9 Å². The predicted molar refractivity (Wildman–Crippen MR) is 127 cm³/mol. The maximum Gasteiger partial charge on any atom is 0.238 e. The van der Waals surface area contributed by atoms with E-state index in [4.69, 9.17) is 4.74 Å². The van der Waals surface area contributed by atoms with Crippen LogP contribution in [0.1, 0.15) is 42.2 Å². The standard InChI is InChI=1S/C23H25N5O2S2/c1-14(21(29)25-22-17(13-24)15-9-5-4-6-12-19(15)32-22)31-23-27-26-20(28(23)2)16-10-7-8-11-18(16)30-3/h7-8,10-11,14H,4-6,9,12H2,1-3H3,(H,25,29). The summed E-state index contributed by atoms with van der Waals surface area (Å²) in [7, 11) is 3.50. The fraction of sp³-hybridized carbons (Fsp3) is 0.391. The molecule has 1 amide bonds. The van der Waals surface area contributed by atoms with Crippen molar-refractivity contribution in [2.75, 3.05) is 12.4 Å². The highest BCUT2D eigenvalue weighted by Gasteiger charge is 2.24. The fourth-order valence-corrected chi connectivity index (χ4v) is 5.91. The first-order chi connectivity index (χ1) is 15.5. The average molecular weight is 468 g/mol. The van der Waals surface area contributed by atoms with Gasteiger partial charge in [0.05, 0.1) is 23.5 Å². The summed E-state index contributed by atoms with van der Waals surface area (Å²) in [5.74, 6) is 1.24. The number of benzene rings is 1. The number of para-hydroxylation sites is 1. The minimum atomic E-state index is -0.406. The highest BCUT2D eigenvalue weighted by molar-refractivity contribution is 8.00. The smallest absolute Gasteiger partial charge is 0.238 e. The van der Waals surface area contributed by atoms with Crippen molar-refractivity contribution < 1.29 is 9.53 Å². The molecule has 0 fully saturated rings. The summed E-state index contributed by atoms with van der Waals surface area (Å²) in [5, 5.41) is 22.2. The Hall–Kier alpha value is -2.83. The second-order valence-electron chi connectivity index (χ2n) is 7.70. The zero-order chi connectivity index (χ0) is 22.7. The maximum absolute atomic E-state index is 12.9. The van der Waals surface area contributed by atoms with Gasteiger partial charge in [-0.3, -0.25) is 4.79 Å². The van der Waals surface area contributed by atoms with E-state index in [0.29, 0.717) is 27.3 Å². The number of amides is 1. The van der Waals surface area contributed by atoms with Crippen LogP contribution in [0.25, 0.3) is 11.4 Å². The number of rotatable bonds is 6. The third-order valence-electron chi connectivity index (χ3n) is 5.60. The zero-order valence-corrected chi connectivity index (χ0v) is 20.0. The van der Waals surface area contributed by atoms with E-state index in [1.807, 2.05) is 42.8 Å². The van der Waals surface area contributed by atoms with Crippen molar-refractivity contribution in [3.05, 3.63) is 40.3 Å². The van der Waals surface area contributed by atoms with Crippen LogP contribution in [0.5, 0.6) is 5.75 Å². The van der Waals surface area contributed by atoms with Crippen molar-refractivity contribution in [1.82, 2.24) is 14.8 Å². The number of nitrogens with one attached hydrogen (secondary N) is 1. The molecule has 0 spiro atoms. The number of hydrogen-bond acceptors (Lipinski definition) is 7. The van der Waals surface area contributed by atoms with Crippen LogP contribution in [0.2, 0.25) is 0 Å². The molecule has 2 aromatic heterocycles. The first-order valence-corrected chi connectivity index (χ1v) is 12.3. The van der Waals surface area contributed by atoms with Gasteiger partial charge >= 0.3 is 0 Å². The number of aromatic nitrogens is 3. The Morgan fingerprint density at radius 3 is 2.84 bits per heavy atom. The Labute approximate surface area is 195 Å². The van der Waals surface area contributed by atoms with Gasteiger partial charge in [-0.15, -0.1) is 21.5 Å². The van der Waals surface area contributed by atoms with E-state index in [-0.39, 0.29) is 5.91 Å². The maximum atomic E-state index is 12.9. The van der Waals surface area contributed by atoms with Crippen LogP contribution in [0.4, 0.5) is 5.00 Å². The number of carbonyl (C=O) groups is 1. The first kappa shape index (κ1) is 22.4. The molecule has 1 aromatic carbocycles. The lowest BCUT2D eigenvalue weighted by molar-refractivity contribution is -0.115. The van der Waals surface area contributed by atoms with Crippen LogP contribution < -0.4 is 10.1 Å². The highest BCUT2D eigenvalue weighted by atomic mass is 32.2. The van der Waals surface area contributed by atoms with E-state index in [2.05, 4.69) is 21.6 Å². The Kier molecular flexibility index (Phi) is 6.82. The molecule has 1 atom stereocenters. The molecule has 3 aromatic rings. The number of fused-ring (bicyclic) bond motifs is 1. The van der Waals surface area contributed by atoms with Gasteiger partial charge in [-0.2, -0.15) is 5.26 Å². The van der Waals surface area contributed by atoms with Crippen LogP contribution in [-0.2, 0) is 24.7 Å². The molecule has 32 heavy (non-hydrogen) atoms. The van der Waals surface area contributed by atoms with Crippen molar-refractivity contribution in [2.24, 2.45) is 7.05 Å². The minimum Gasteiger partial charge on any atom is -0.496 e. The van der Waals surface area contributed by atoms with Gasteiger partial charge in [-0.05, 0) is 50.3 Å². The quantitative estimate of drug-likeness (QED) is 0.413. The molecule has 9 heteroatoms. The van der Waals surface area contributed by atoms with Crippen LogP contribution >= 0.6 is 23.1 Å². The summed E-state index contributed by atoms with van der Waals surface area (Å²) in [6.07, 6.45) is 5.33. The molecule has 0 saturated heterocycles. The minimum absolute atomic E-state index is 0.148. The average Bonchev–Trinajstić information content (AvgIpc) is 3.22. The molecular formula is C23H25N5O2S2. The molecule has 0 bridgehead atoms. The number of thiophene rings is 1. The van der Waals surface area contributed by atoms with Crippen molar-refractivity contribution in [3.63, 3.8) is 0 Å². The second-order valence-corrected chi connectivity index (χ2v) is 10.1. The van der Waals surface area contributed by atoms with Crippen molar-refractivity contribution in [2.45, 2.75) is 49.4 Å². The summed E-state index contributed by atoms with van der Waals surface area (Å²) in [4.78, 5) is 14.2. The van der Waals surface area contributed by atoms with Gasteiger partial charge in [-0.1, -0.05) is 30.3 Å². The third kappa shape index (κ3) is 4.38. The molecule has 1 aliphatic carbocycles. The summed E-state index contributed by atoms with van der Waals surface area (Å²) < 4.78 is 7.30. The molecule has 1 N–H and O–H groups in total. The monoisotopic (exact) mass is 467 g/mol. The van der Waals surface area contributed by atoms with Crippen molar-refractivity contribution in [1.29, 1.82) is 5.26 Å². The molecule has 0 radical (unpaired) electrons. The zero-order valence-electron chi connectivity index (χ0n) is 18.3. The second kappa shape index (κ2) is 9.76. The van der Waals surface area contributed by atoms with E-state index >= 15 is 0 Å². The van der Waals surface area contributed by atoms with Crippen molar-refractivity contribution >= 4 is 34.0 Å². The number of nitrogens with zero attached hydrogens (tertiary/aromatic N) is 4. The molecule has 1 unspecified atom stereocenters. The normalized spacial score (nSPS) is 14.2. The number of aryl methyl sites for hydroxylation is 1. The number of thioether (sulfide) groups is 1. The molecule has 0 aliphatic heterocycles. The van der Waals surface area contributed by atoms with E-state index in [0.717, 1.165) is 36.8 Å². The molecule has 0 saturated carbocycles. The van der Waals surface area contributed by atoms with Gasteiger partial charge in [0.25, 0.3) is 0 Å². The number of nitriles is 1. The van der Waals surface area contributed by atoms with E-state index < -0.39 is 5.25 Å². The first-order valence-electron chi connectivity index (χ1n) is 10.6. The van der Waals surface area contributed by atoms with E-state index in [1.54, 1.807) is 18.4 Å². The summed E-state index contributed by atoms with van der Waals surface area (Å²) in [6.45, 7) is 1.84. The van der Waals surface area contributed by atoms with Gasteiger partial charge in [0.2, 0.25) is 5.91 Å². The summed E-state index contributed by atoms with van der Waals surface area (Å²) in [6, 6.07) is 9.95. The van der Waals surface area contributed by atoms with Gasteiger partial charge in [-0.25, -0.2) is 0 Å². The number of ether oxygens (including phenoxy) is 1. The lowest BCUT2D eigenvalue weighted by Crippen LogP contribution is -2.22. The number of carbonyl (C=O) groups excluding carboxylic acids is 1. The topological polar surface area (TPSA) is 92.8 Å². The number of anilines is 1. The third-order valence-corrected chi connectivity index (χ3v) is 7.95. The van der Waals surface area contributed by atoms with Crippen LogP contribution in [0.3, 0.4) is 0 Å². The van der Waals surface area contributed by atoms with Crippen LogP contribution in [0.15, 0.2) is 29.4 Å². The number of methoxy groups -OCH3 is 1. The lowest BCUT2D eigenvalue weighted by atomic mass is 10.1. The molecule has 166 valence electrons. The van der Waals surface area contributed by atoms with Gasteiger partial charge in [0.1, 0.15) is 16.8 Å². The van der Waals surface area contributed by atoms with Crippen LogP contribution in [0, 0.1) is 11.3 Å². The highest BCUT2D eigenvalue weighted by Crippen LogP contribution is 2.37. The van der Waals surface area contributed by atoms with Crippen LogP contribution in [-0.4, -0.2) is 33.0 Å². The molecule has 1 aliphatic rings. The summed E-state index contributed by atoms with van der Waals surface area (Å²) >= 11 is 2.89.